The van der Waals surface area contributed by atoms with E-state index in [0.29, 0.717) is 6.10 Å². The zero-order valence-corrected chi connectivity index (χ0v) is 9.87. The van der Waals surface area contributed by atoms with Gasteiger partial charge in [-0.1, -0.05) is 6.92 Å². The lowest BCUT2D eigenvalue weighted by molar-refractivity contribution is 0.103. The van der Waals surface area contributed by atoms with Gasteiger partial charge in [-0.05, 0) is 25.8 Å². The van der Waals surface area contributed by atoms with Crippen molar-refractivity contribution >= 4 is 0 Å². The number of aromatic nitrogens is 1. The molecule has 1 aromatic rings. The molecule has 0 aromatic carbocycles. The molecule has 0 aliphatic carbocycles. The first-order valence-corrected chi connectivity index (χ1v) is 6.14. The van der Waals surface area contributed by atoms with Crippen LogP contribution in [0, 0.1) is 0 Å². The highest BCUT2D eigenvalue weighted by Crippen LogP contribution is 2.18. The minimum absolute atomic E-state index is 0.433. The van der Waals surface area contributed by atoms with E-state index in [-0.39, 0.29) is 0 Å². The van der Waals surface area contributed by atoms with Gasteiger partial charge in [0, 0.05) is 13.0 Å². The second-order valence-corrected chi connectivity index (χ2v) is 4.17. The first-order valence-electron chi connectivity index (χ1n) is 6.14. The van der Waals surface area contributed by atoms with Crippen molar-refractivity contribution < 1.29 is 9.15 Å². The van der Waals surface area contributed by atoms with Gasteiger partial charge in [-0.25, -0.2) is 4.98 Å². The van der Waals surface area contributed by atoms with Gasteiger partial charge in [0.25, 0.3) is 0 Å². The van der Waals surface area contributed by atoms with Gasteiger partial charge < -0.3 is 14.5 Å². The summed E-state index contributed by atoms with van der Waals surface area (Å²) in [5.41, 5.74) is 0. The lowest BCUT2D eigenvalue weighted by Crippen LogP contribution is -2.11. The van der Waals surface area contributed by atoms with Gasteiger partial charge in [-0.3, -0.25) is 0 Å². The molecule has 2 rings (SSSR count). The molecule has 1 unspecified atom stereocenters. The van der Waals surface area contributed by atoms with Gasteiger partial charge in [0.2, 0.25) is 5.89 Å². The van der Waals surface area contributed by atoms with Crippen molar-refractivity contribution in [2.45, 2.75) is 45.3 Å². The molecule has 1 atom stereocenters. The largest absolute Gasteiger partial charge is 0.444 e. The molecule has 1 aromatic heterocycles. The van der Waals surface area contributed by atoms with E-state index in [4.69, 9.17) is 9.15 Å². The average molecular weight is 224 g/mol. The molecule has 1 aliphatic rings. The minimum Gasteiger partial charge on any atom is -0.444 e. The predicted molar refractivity (Wildman–Crippen MR) is 61.2 cm³/mol. The lowest BCUT2D eigenvalue weighted by Gasteiger charge is -2.06. The van der Waals surface area contributed by atoms with E-state index in [1.807, 2.05) is 6.20 Å². The zero-order chi connectivity index (χ0) is 11.2. The van der Waals surface area contributed by atoms with E-state index >= 15 is 0 Å². The van der Waals surface area contributed by atoms with Crippen molar-refractivity contribution in [2.24, 2.45) is 0 Å². The van der Waals surface area contributed by atoms with E-state index in [1.165, 1.54) is 12.8 Å². The summed E-state index contributed by atoms with van der Waals surface area (Å²) >= 11 is 0. The summed E-state index contributed by atoms with van der Waals surface area (Å²) in [7, 11) is 0. The molecule has 0 amide bonds. The molecule has 1 aliphatic heterocycles. The van der Waals surface area contributed by atoms with Crippen LogP contribution in [0.5, 0.6) is 0 Å². The Labute approximate surface area is 96.4 Å². The molecule has 4 heteroatoms. The molecule has 0 bridgehead atoms. The molecule has 1 saturated heterocycles. The maximum atomic E-state index is 5.62. The van der Waals surface area contributed by atoms with Crippen LogP contribution in [0.25, 0.3) is 0 Å². The van der Waals surface area contributed by atoms with Crippen molar-refractivity contribution in [3.05, 3.63) is 17.8 Å². The number of hydrogen-bond donors (Lipinski definition) is 1. The number of hydrogen-bond acceptors (Lipinski definition) is 4. The maximum absolute atomic E-state index is 5.62. The van der Waals surface area contributed by atoms with Gasteiger partial charge in [-0.2, -0.15) is 0 Å². The van der Waals surface area contributed by atoms with Gasteiger partial charge in [0.05, 0.1) is 18.8 Å². The van der Waals surface area contributed by atoms with Crippen LogP contribution in [0.3, 0.4) is 0 Å². The Balaban J connectivity index is 1.73. The second kappa shape index (κ2) is 6.01. The highest BCUT2D eigenvalue weighted by molar-refractivity contribution is 4.94. The third-order valence-corrected chi connectivity index (χ3v) is 2.86. The zero-order valence-electron chi connectivity index (χ0n) is 9.87. The van der Waals surface area contributed by atoms with Gasteiger partial charge in [0.15, 0.2) is 0 Å². The van der Waals surface area contributed by atoms with Crippen molar-refractivity contribution in [3.8, 4) is 0 Å². The summed E-state index contributed by atoms with van der Waals surface area (Å²) in [4.78, 5) is 4.23. The Hall–Kier alpha value is -0.870. The van der Waals surface area contributed by atoms with Crippen molar-refractivity contribution in [1.29, 1.82) is 0 Å². The molecule has 1 fully saturated rings. The van der Waals surface area contributed by atoms with Crippen molar-refractivity contribution in [3.63, 3.8) is 0 Å². The number of rotatable bonds is 6. The van der Waals surface area contributed by atoms with Crippen LogP contribution < -0.4 is 5.32 Å². The fraction of sp³-hybridized carbons (Fsp3) is 0.750. The average Bonchev–Trinajstić information content (AvgIpc) is 2.95. The molecule has 0 radical (unpaired) electrons. The fourth-order valence-corrected chi connectivity index (χ4v) is 1.95. The Morgan fingerprint density at radius 1 is 1.56 bits per heavy atom. The Morgan fingerprint density at radius 2 is 2.50 bits per heavy atom. The fourth-order valence-electron chi connectivity index (χ4n) is 1.95. The van der Waals surface area contributed by atoms with E-state index in [1.54, 1.807) is 0 Å². The molecular formula is C12H20N2O2. The Bertz CT molecular complexity index is 306. The van der Waals surface area contributed by atoms with Crippen LogP contribution in [0.1, 0.15) is 37.8 Å². The predicted octanol–water partition coefficient (Wildman–Crippen LogP) is 1.90. The van der Waals surface area contributed by atoms with E-state index < -0.39 is 0 Å². The Kier molecular flexibility index (Phi) is 4.36. The summed E-state index contributed by atoms with van der Waals surface area (Å²) in [6, 6.07) is 0. The van der Waals surface area contributed by atoms with Gasteiger partial charge in [0.1, 0.15) is 5.76 Å². The van der Waals surface area contributed by atoms with Crippen LogP contribution in [0.15, 0.2) is 10.6 Å². The molecule has 1 N–H and O–H groups in total. The van der Waals surface area contributed by atoms with Gasteiger partial charge >= 0.3 is 0 Å². The molecule has 16 heavy (non-hydrogen) atoms. The third-order valence-electron chi connectivity index (χ3n) is 2.86. The summed E-state index contributed by atoms with van der Waals surface area (Å²) in [6.07, 6.45) is 6.65. The smallest absolute Gasteiger partial charge is 0.208 e. The normalized spacial score (nSPS) is 20.4. The minimum atomic E-state index is 0.433. The Morgan fingerprint density at radius 3 is 3.25 bits per heavy atom. The first kappa shape index (κ1) is 11.6. The molecule has 2 heterocycles. The lowest BCUT2D eigenvalue weighted by atomic mass is 10.1. The van der Waals surface area contributed by atoms with Crippen molar-refractivity contribution in [2.75, 3.05) is 13.2 Å². The maximum Gasteiger partial charge on any atom is 0.208 e. The first-order chi connectivity index (χ1) is 7.88. The van der Waals surface area contributed by atoms with Gasteiger partial charge in [-0.15, -0.1) is 0 Å². The number of nitrogens with one attached hydrogen (secondary N) is 1. The third kappa shape index (κ3) is 3.32. The van der Waals surface area contributed by atoms with Crippen LogP contribution in [-0.4, -0.2) is 24.2 Å². The van der Waals surface area contributed by atoms with Crippen molar-refractivity contribution in [1.82, 2.24) is 10.3 Å². The van der Waals surface area contributed by atoms with E-state index in [9.17, 15) is 0 Å². The number of ether oxygens (including phenoxy) is 1. The molecule has 0 saturated carbocycles. The second-order valence-electron chi connectivity index (χ2n) is 4.17. The summed E-state index contributed by atoms with van der Waals surface area (Å²) in [6.45, 7) is 4.65. The monoisotopic (exact) mass is 224 g/mol. The molecule has 0 spiro atoms. The summed E-state index contributed by atoms with van der Waals surface area (Å²) in [5, 5.41) is 3.19. The number of aryl methyl sites for hydroxylation is 1. The highest BCUT2D eigenvalue weighted by atomic mass is 16.5. The van der Waals surface area contributed by atoms with Crippen LogP contribution >= 0.6 is 0 Å². The SMILES string of the molecule is CCNCc1ncc(CCC2CCCO2)o1. The van der Waals surface area contributed by atoms with E-state index in [0.717, 1.165) is 44.2 Å². The van der Waals surface area contributed by atoms with Crippen LogP contribution in [0.4, 0.5) is 0 Å². The molecular weight excluding hydrogens is 204 g/mol. The summed E-state index contributed by atoms with van der Waals surface area (Å²) in [5.74, 6) is 1.76. The molecule has 90 valence electrons. The number of oxazole rings is 1. The van der Waals surface area contributed by atoms with Crippen LogP contribution in [-0.2, 0) is 17.7 Å². The molecule has 4 nitrogen and oxygen atoms in total. The topological polar surface area (TPSA) is 47.3 Å². The standard InChI is InChI=1S/C12H20N2O2/c1-2-13-9-12-14-8-11(16-12)6-5-10-4-3-7-15-10/h8,10,13H,2-7,9H2,1H3. The number of nitrogens with zero attached hydrogens (tertiary/aromatic N) is 1. The quantitative estimate of drug-likeness (QED) is 0.801. The van der Waals surface area contributed by atoms with Crippen LogP contribution in [0.2, 0.25) is 0 Å². The summed E-state index contributed by atoms with van der Waals surface area (Å²) < 4.78 is 11.2. The van der Waals surface area contributed by atoms with E-state index in [2.05, 4.69) is 17.2 Å². The highest BCUT2D eigenvalue weighted by Gasteiger charge is 2.16.